The van der Waals surface area contributed by atoms with E-state index >= 15 is 0 Å². The summed E-state index contributed by atoms with van der Waals surface area (Å²) in [7, 11) is 3.31. The summed E-state index contributed by atoms with van der Waals surface area (Å²) in [6.07, 6.45) is 2.12. The van der Waals surface area contributed by atoms with Crippen molar-refractivity contribution in [2.75, 3.05) is 20.8 Å². The van der Waals surface area contributed by atoms with E-state index in [1.54, 1.807) is 14.2 Å². The second-order valence-corrected chi connectivity index (χ2v) is 4.40. The van der Waals surface area contributed by atoms with E-state index in [9.17, 15) is 0 Å². The van der Waals surface area contributed by atoms with Gasteiger partial charge in [0.25, 0.3) is 0 Å². The fourth-order valence-electron chi connectivity index (χ4n) is 2.05. The molecule has 1 aliphatic rings. The van der Waals surface area contributed by atoms with Gasteiger partial charge in [0.2, 0.25) is 0 Å². The molecule has 0 fully saturated rings. The first-order valence-electron chi connectivity index (χ1n) is 5.39. The summed E-state index contributed by atoms with van der Waals surface area (Å²) in [4.78, 5) is 0. The standard InChI is InChI=1S/C12H16ClNO2/c1-15-11-6-9-4-3-5-14(13)8-10(9)7-12(11)16-2/h6-7H,3-5,8H2,1-2H3. The molecule has 3 nitrogen and oxygen atoms in total. The molecule has 2 rings (SSSR count). The van der Waals surface area contributed by atoms with Crippen molar-refractivity contribution >= 4 is 11.8 Å². The Kier molecular flexibility index (Phi) is 3.56. The minimum Gasteiger partial charge on any atom is -0.493 e. The van der Waals surface area contributed by atoms with Gasteiger partial charge in [0, 0.05) is 13.1 Å². The number of ether oxygens (including phenoxy) is 2. The normalized spacial score (nSPS) is 16.4. The first kappa shape index (κ1) is 11.6. The van der Waals surface area contributed by atoms with Crippen molar-refractivity contribution in [3.05, 3.63) is 23.3 Å². The van der Waals surface area contributed by atoms with Crippen molar-refractivity contribution in [3.8, 4) is 11.5 Å². The highest BCUT2D eigenvalue weighted by atomic mass is 35.5. The molecule has 0 unspecified atom stereocenters. The molecule has 0 saturated carbocycles. The van der Waals surface area contributed by atoms with Gasteiger partial charge >= 0.3 is 0 Å². The molecule has 1 aliphatic heterocycles. The van der Waals surface area contributed by atoms with E-state index < -0.39 is 0 Å². The maximum absolute atomic E-state index is 6.08. The lowest BCUT2D eigenvalue weighted by Gasteiger charge is -2.14. The van der Waals surface area contributed by atoms with Crippen LogP contribution >= 0.6 is 11.8 Å². The second-order valence-electron chi connectivity index (χ2n) is 3.92. The smallest absolute Gasteiger partial charge is 0.161 e. The van der Waals surface area contributed by atoms with Crippen LogP contribution in [0.1, 0.15) is 17.5 Å². The fraction of sp³-hybridized carbons (Fsp3) is 0.500. The molecule has 0 N–H and O–H groups in total. The predicted octanol–water partition coefficient (Wildman–Crippen LogP) is 2.61. The van der Waals surface area contributed by atoms with Crippen LogP contribution in [0.15, 0.2) is 12.1 Å². The first-order valence-corrected chi connectivity index (χ1v) is 5.73. The maximum Gasteiger partial charge on any atom is 0.161 e. The van der Waals surface area contributed by atoms with Crippen molar-refractivity contribution in [2.45, 2.75) is 19.4 Å². The maximum atomic E-state index is 6.08. The van der Waals surface area contributed by atoms with E-state index in [0.717, 1.165) is 37.4 Å². The average molecular weight is 242 g/mol. The van der Waals surface area contributed by atoms with E-state index in [4.69, 9.17) is 21.3 Å². The minimum absolute atomic E-state index is 0.761. The Morgan fingerprint density at radius 1 is 1.12 bits per heavy atom. The van der Waals surface area contributed by atoms with E-state index in [-0.39, 0.29) is 0 Å². The molecule has 4 heteroatoms. The molecular formula is C12H16ClNO2. The van der Waals surface area contributed by atoms with Gasteiger partial charge in [-0.25, -0.2) is 4.42 Å². The third-order valence-electron chi connectivity index (χ3n) is 2.89. The van der Waals surface area contributed by atoms with E-state index in [1.807, 2.05) is 10.5 Å². The lowest BCUT2D eigenvalue weighted by atomic mass is 10.0. The number of halogens is 1. The van der Waals surface area contributed by atoms with Crippen LogP contribution in [0.4, 0.5) is 0 Å². The largest absolute Gasteiger partial charge is 0.493 e. The fourth-order valence-corrected chi connectivity index (χ4v) is 2.30. The average Bonchev–Trinajstić information content (AvgIpc) is 2.47. The van der Waals surface area contributed by atoms with E-state index in [2.05, 4.69) is 6.07 Å². The van der Waals surface area contributed by atoms with Crippen LogP contribution in [0, 0.1) is 0 Å². The van der Waals surface area contributed by atoms with Crippen LogP contribution in [-0.4, -0.2) is 25.2 Å². The summed E-state index contributed by atoms with van der Waals surface area (Å²) < 4.78 is 12.4. The number of benzene rings is 1. The zero-order valence-corrected chi connectivity index (χ0v) is 10.4. The van der Waals surface area contributed by atoms with Gasteiger partial charge in [-0.05, 0) is 47.9 Å². The Morgan fingerprint density at radius 2 is 1.75 bits per heavy atom. The van der Waals surface area contributed by atoms with Gasteiger partial charge in [0.05, 0.1) is 14.2 Å². The van der Waals surface area contributed by atoms with E-state index in [1.165, 1.54) is 11.1 Å². The zero-order valence-electron chi connectivity index (χ0n) is 9.62. The number of nitrogens with zero attached hydrogens (tertiary/aromatic N) is 1. The highest BCUT2D eigenvalue weighted by Gasteiger charge is 2.16. The summed E-state index contributed by atoms with van der Waals surface area (Å²) >= 11 is 6.08. The number of methoxy groups -OCH3 is 2. The third kappa shape index (κ3) is 2.25. The summed E-state index contributed by atoms with van der Waals surface area (Å²) in [5.74, 6) is 1.57. The highest BCUT2D eigenvalue weighted by Crippen LogP contribution is 2.33. The monoisotopic (exact) mass is 241 g/mol. The van der Waals surface area contributed by atoms with Crippen molar-refractivity contribution in [3.63, 3.8) is 0 Å². The van der Waals surface area contributed by atoms with Crippen molar-refractivity contribution in [1.29, 1.82) is 0 Å². The number of fused-ring (bicyclic) bond motifs is 1. The molecule has 16 heavy (non-hydrogen) atoms. The van der Waals surface area contributed by atoms with Crippen molar-refractivity contribution < 1.29 is 9.47 Å². The van der Waals surface area contributed by atoms with Gasteiger partial charge in [-0.15, -0.1) is 0 Å². The molecule has 0 radical (unpaired) electrons. The molecular weight excluding hydrogens is 226 g/mol. The van der Waals surface area contributed by atoms with Crippen LogP contribution in [0.25, 0.3) is 0 Å². The lowest BCUT2D eigenvalue weighted by Crippen LogP contribution is -2.10. The predicted molar refractivity (Wildman–Crippen MR) is 64.1 cm³/mol. The van der Waals surface area contributed by atoms with Gasteiger partial charge in [-0.2, -0.15) is 0 Å². The Balaban J connectivity index is 2.41. The van der Waals surface area contributed by atoms with Crippen LogP contribution < -0.4 is 9.47 Å². The summed E-state index contributed by atoms with van der Waals surface area (Å²) in [5, 5.41) is 0. The Labute approximate surface area is 101 Å². The van der Waals surface area contributed by atoms with Gasteiger partial charge in [-0.3, -0.25) is 0 Å². The summed E-state index contributed by atoms with van der Waals surface area (Å²) in [5.41, 5.74) is 2.53. The van der Waals surface area contributed by atoms with Crippen molar-refractivity contribution in [2.24, 2.45) is 0 Å². The molecule has 0 aromatic heterocycles. The summed E-state index contributed by atoms with van der Waals surface area (Å²) in [6, 6.07) is 4.08. The molecule has 0 saturated heterocycles. The zero-order chi connectivity index (χ0) is 11.5. The van der Waals surface area contributed by atoms with E-state index in [0.29, 0.717) is 0 Å². The van der Waals surface area contributed by atoms with Crippen LogP contribution in [0.2, 0.25) is 0 Å². The van der Waals surface area contributed by atoms with Gasteiger partial charge in [0.15, 0.2) is 11.5 Å². The van der Waals surface area contributed by atoms with Crippen molar-refractivity contribution in [1.82, 2.24) is 4.42 Å². The lowest BCUT2D eigenvalue weighted by molar-refractivity contribution is 0.353. The quantitative estimate of drug-likeness (QED) is 0.743. The molecule has 0 atom stereocenters. The first-order chi connectivity index (χ1) is 7.74. The topological polar surface area (TPSA) is 21.7 Å². The Hall–Kier alpha value is -0.930. The molecule has 1 aromatic carbocycles. The van der Waals surface area contributed by atoms with Gasteiger partial charge in [-0.1, -0.05) is 0 Å². The molecule has 0 aliphatic carbocycles. The van der Waals surface area contributed by atoms with Gasteiger partial charge in [0.1, 0.15) is 0 Å². The van der Waals surface area contributed by atoms with Crippen LogP contribution in [0.3, 0.4) is 0 Å². The number of hydrogen-bond donors (Lipinski definition) is 0. The third-order valence-corrected chi connectivity index (χ3v) is 3.18. The molecule has 1 heterocycles. The highest BCUT2D eigenvalue weighted by molar-refractivity contribution is 6.13. The number of rotatable bonds is 2. The van der Waals surface area contributed by atoms with Crippen LogP contribution in [0.5, 0.6) is 11.5 Å². The summed E-state index contributed by atoms with van der Waals surface area (Å²) in [6.45, 7) is 1.68. The molecule has 88 valence electrons. The minimum atomic E-state index is 0.761. The Bertz CT molecular complexity index is 382. The van der Waals surface area contributed by atoms with Crippen LogP contribution in [-0.2, 0) is 13.0 Å². The molecule has 0 bridgehead atoms. The molecule has 1 aromatic rings. The molecule has 0 amide bonds. The number of aryl methyl sites for hydroxylation is 1. The molecule has 0 spiro atoms. The number of hydrogen-bond acceptors (Lipinski definition) is 3. The SMILES string of the molecule is COc1cc2c(cc1OC)CN(Cl)CCC2. The Morgan fingerprint density at radius 3 is 2.38 bits per heavy atom. The second kappa shape index (κ2) is 4.93. The van der Waals surface area contributed by atoms with Gasteiger partial charge < -0.3 is 9.47 Å².